The van der Waals surface area contributed by atoms with Gasteiger partial charge in [-0.25, -0.2) is 0 Å². The van der Waals surface area contributed by atoms with Crippen molar-refractivity contribution in [2.24, 2.45) is 5.92 Å². The number of halogens is 1. The summed E-state index contributed by atoms with van der Waals surface area (Å²) in [5, 5.41) is 4.37. The lowest BCUT2D eigenvalue weighted by Crippen LogP contribution is -2.18. The molecule has 0 bridgehead atoms. The highest BCUT2D eigenvalue weighted by Crippen LogP contribution is 2.28. The maximum atomic E-state index is 5.95. The molecule has 3 heteroatoms. The first kappa shape index (κ1) is 9.07. The largest absolute Gasteiger partial charge is 0.272 e. The summed E-state index contributed by atoms with van der Waals surface area (Å²) in [6, 6.07) is 0. The van der Waals surface area contributed by atoms with Crippen molar-refractivity contribution in [2.75, 3.05) is 0 Å². The van der Waals surface area contributed by atoms with Gasteiger partial charge < -0.3 is 0 Å². The Morgan fingerprint density at radius 1 is 1.69 bits per heavy atom. The summed E-state index contributed by atoms with van der Waals surface area (Å²) in [5.41, 5.74) is 1.13. The van der Waals surface area contributed by atoms with Crippen molar-refractivity contribution >= 4 is 11.6 Å². The molecule has 1 aliphatic carbocycles. The summed E-state index contributed by atoms with van der Waals surface area (Å²) in [6.45, 7) is 3.05. The molecule has 0 amide bonds. The van der Waals surface area contributed by atoms with Crippen LogP contribution < -0.4 is 0 Å². The van der Waals surface area contributed by atoms with Crippen LogP contribution in [0.15, 0.2) is 12.4 Å². The molecule has 13 heavy (non-hydrogen) atoms. The molecule has 2 rings (SSSR count). The Kier molecular flexibility index (Phi) is 2.58. The average Bonchev–Trinajstić information content (AvgIpc) is 2.44. The third-order valence-corrected chi connectivity index (χ3v) is 3.03. The topological polar surface area (TPSA) is 17.8 Å². The fraction of sp³-hybridized carbons (Fsp3) is 0.700. The molecule has 1 heterocycles. The minimum absolute atomic E-state index is 0.0788. The van der Waals surface area contributed by atoms with E-state index in [9.17, 15) is 0 Å². The summed E-state index contributed by atoms with van der Waals surface area (Å²) in [6.07, 6.45) is 8.06. The van der Waals surface area contributed by atoms with E-state index in [4.69, 9.17) is 11.6 Å². The van der Waals surface area contributed by atoms with Gasteiger partial charge in [0.15, 0.2) is 0 Å². The fourth-order valence-corrected chi connectivity index (χ4v) is 1.74. The van der Waals surface area contributed by atoms with Gasteiger partial charge in [-0.05, 0) is 25.7 Å². The molecule has 0 aromatic carbocycles. The molecule has 0 aliphatic heterocycles. The second-order valence-electron chi connectivity index (χ2n) is 3.91. The zero-order valence-corrected chi connectivity index (χ0v) is 8.67. The smallest absolute Gasteiger partial charge is 0.0588 e. The Balaban J connectivity index is 1.96. The molecular weight excluding hydrogens is 184 g/mol. The molecule has 72 valence electrons. The number of alkyl halides is 1. The normalized spacial score (nSPS) is 19.8. The number of aromatic nitrogens is 2. The average molecular weight is 199 g/mol. The molecule has 0 radical (unpaired) electrons. The quantitative estimate of drug-likeness (QED) is 0.683. The summed E-state index contributed by atoms with van der Waals surface area (Å²) in [4.78, 5) is 0. The van der Waals surface area contributed by atoms with E-state index in [1.807, 2.05) is 17.8 Å². The van der Waals surface area contributed by atoms with Gasteiger partial charge in [0, 0.05) is 18.3 Å². The van der Waals surface area contributed by atoms with Crippen molar-refractivity contribution < 1.29 is 0 Å². The van der Waals surface area contributed by atoms with E-state index in [0.29, 0.717) is 0 Å². The van der Waals surface area contributed by atoms with Crippen molar-refractivity contribution in [1.82, 2.24) is 9.78 Å². The van der Waals surface area contributed by atoms with E-state index in [1.165, 1.54) is 19.3 Å². The molecule has 0 saturated heterocycles. The van der Waals surface area contributed by atoms with E-state index in [2.05, 4.69) is 11.3 Å². The Morgan fingerprint density at radius 2 is 2.46 bits per heavy atom. The van der Waals surface area contributed by atoms with Gasteiger partial charge >= 0.3 is 0 Å². The van der Waals surface area contributed by atoms with Crippen LogP contribution >= 0.6 is 11.6 Å². The van der Waals surface area contributed by atoms with E-state index in [-0.39, 0.29) is 5.38 Å². The van der Waals surface area contributed by atoms with Gasteiger partial charge in [0.1, 0.15) is 0 Å². The van der Waals surface area contributed by atoms with E-state index < -0.39 is 0 Å². The van der Waals surface area contributed by atoms with Gasteiger partial charge in [0.05, 0.1) is 11.6 Å². The van der Waals surface area contributed by atoms with Crippen LogP contribution in [-0.4, -0.2) is 9.78 Å². The Labute approximate surface area is 83.9 Å². The van der Waals surface area contributed by atoms with Crippen molar-refractivity contribution in [3.63, 3.8) is 0 Å². The standard InChI is InChI=1S/C10H15ClN2/c1-8(11)10-5-12-13(7-10)6-9-3-2-4-9/h5,7-9H,2-4,6H2,1H3. The van der Waals surface area contributed by atoms with Crippen LogP contribution in [-0.2, 0) is 6.54 Å². The molecule has 1 saturated carbocycles. The molecule has 1 aromatic heterocycles. The van der Waals surface area contributed by atoms with Gasteiger partial charge in [-0.1, -0.05) is 6.42 Å². The van der Waals surface area contributed by atoms with Crippen LogP contribution in [0.25, 0.3) is 0 Å². The van der Waals surface area contributed by atoms with Gasteiger partial charge in [-0.15, -0.1) is 11.6 Å². The Morgan fingerprint density at radius 3 is 2.92 bits per heavy atom. The summed E-state index contributed by atoms with van der Waals surface area (Å²) >= 11 is 5.95. The van der Waals surface area contributed by atoms with Gasteiger partial charge in [-0.2, -0.15) is 5.10 Å². The Bertz CT molecular complexity index is 276. The summed E-state index contributed by atoms with van der Waals surface area (Å²) in [7, 11) is 0. The van der Waals surface area contributed by atoms with Crippen molar-refractivity contribution in [3.8, 4) is 0 Å². The second-order valence-corrected chi connectivity index (χ2v) is 4.56. The highest BCUT2D eigenvalue weighted by molar-refractivity contribution is 6.20. The van der Waals surface area contributed by atoms with E-state index in [1.54, 1.807) is 0 Å². The summed E-state index contributed by atoms with van der Waals surface area (Å²) < 4.78 is 2.03. The number of nitrogens with zero attached hydrogens (tertiary/aromatic N) is 2. The van der Waals surface area contributed by atoms with Crippen LogP contribution in [0.3, 0.4) is 0 Å². The van der Waals surface area contributed by atoms with E-state index >= 15 is 0 Å². The second kappa shape index (κ2) is 3.70. The molecular formula is C10H15ClN2. The predicted octanol–water partition coefficient (Wildman–Crippen LogP) is 2.98. The lowest BCUT2D eigenvalue weighted by Gasteiger charge is -2.24. The number of rotatable bonds is 3. The SMILES string of the molecule is CC(Cl)c1cnn(CC2CCC2)c1. The minimum atomic E-state index is 0.0788. The lowest BCUT2D eigenvalue weighted by molar-refractivity contribution is 0.266. The fourth-order valence-electron chi connectivity index (χ4n) is 1.62. The number of hydrogen-bond donors (Lipinski definition) is 0. The number of hydrogen-bond acceptors (Lipinski definition) is 1. The molecule has 1 atom stereocenters. The van der Waals surface area contributed by atoms with Gasteiger partial charge in [0.2, 0.25) is 0 Å². The van der Waals surface area contributed by atoms with Crippen LogP contribution in [0, 0.1) is 5.92 Å². The Hall–Kier alpha value is -0.500. The van der Waals surface area contributed by atoms with Crippen LogP contribution in [0.1, 0.15) is 37.1 Å². The molecule has 1 fully saturated rings. The lowest BCUT2D eigenvalue weighted by atomic mass is 9.85. The highest BCUT2D eigenvalue weighted by atomic mass is 35.5. The first-order valence-corrected chi connectivity index (χ1v) is 5.36. The summed E-state index contributed by atoms with van der Waals surface area (Å²) in [5.74, 6) is 0.860. The maximum absolute atomic E-state index is 5.95. The van der Waals surface area contributed by atoms with Crippen molar-refractivity contribution in [1.29, 1.82) is 0 Å². The van der Waals surface area contributed by atoms with Crippen molar-refractivity contribution in [3.05, 3.63) is 18.0 Å². The van der Waals surface area contributed by atoms with Crippen LogP contribution in [0.2, 0.25) is 0 Å². The molecule has 1 aliphatic rings. The van der Waals surface area contributed by atoms with Gasteiger partial charge in [-0.3, -0.25) is 4.68 Å². The molecule has 2 nitrogen and oxygen atoms in total. The maximum Gasteiger partial charge on any atom is 0.0588 e. The predicted molar refractivity (Wildman–Crippen MR) is 53.8 cm³/mol. The van der Waals surface area contributed by atoms with Crippen molar-refractivity contribution in [2.45, 2.75) is 38.1 Å². The minimum Gasteiger partial charge on any atom is -0.272 e. The van der Waals surface area contributed by atoms with E-state index in [0.717, 1.165) is 18.0 Å². The third-order valence-electron chi connectivity index (χ3n) is 2.78. The molecule has 0 N–H and O–H groups in total. The van der Waals surface area contributed by atoms with Crippen LogP contribution in [0.5, 0.6) is 0 Å². The molecule has 1 unspecified atom stereocenters. The first-order chi connectivity index (χ1) is 6.25. The van der Waals surface area contributed by atoms with Crippen LogP contribution in [0.4, 0.5) is 0 Å². The highest BCUT2D eigenvalue weighted by Gasteiger charge is 2.18. The molecule has 1 aromatic rings. The van der Waals surface area contributed by atoms with Gasteiger partial charge in [0.25, 0.3) is 0 Å². The molecule has 0 spiro atoms. The first-order valence-electron chi connectivity index (χ1n) is 4.92. The zero-order chi connectivity index (χ0) is 9.26. The zero-order valence-electron chi connectivity index (χ0n) is 7.91. The monoisotopic (exact) mass is 198 g/mol. The third kappa shape index (κ3) is 2.05.